The van der Waals surface area contributed by atoms with E-state index in [0.717, 1.165) is 6.07 Å². The number of halogens is 3. The Morgan fingerprint density at radius 1 is 1.25 bits per heavy atom. The Kier molecular flexibility index (Phi) is 4.73. The van der Waals surface area contributed by atoms with Crippen molar-refractivity contribution in [2.45, 2.75) is 12.5 Å². The smallest absolute Gasteiger partial charge is 0.162 e. The van der Waals surface area contributed by atoms with Gasteiger partial charge in [-0.3, -0.25) is 0 Å². The van der Waals surface area contributed by atoms with Gasteiger partial charge in [0.1, 0.15) is 5.75 Å². The number of aliphatic hydroxyl groups is 1. The highest BCUT2D eigenvalue weighted by Crippen LogP contribution is 2.29. The largest absolute Gasteiger partial charge is 0.496 e. The molecule has 0 fully saturated rings. The molecule has 0 bridgehead atoms. The van der Waals surface area contributed by atoms with Gasteiger partial charge in [0.25, 0.3) is 0 Å². The van der Waals surface area contributed by atoms with Crippen LogP contribution in [0.1, 0.15) is 17.2 Å². The SMILES string of the molecule is COc1ccc(C(O)Cc2cccc(F)c2F)cc1Br. The van der Waals surface area contributed by atoms with Gasteiger partial charge in [0.15, 0.2) is 11.6 Å². The number of hydrogen-bond donors (Lipinski definition) is 1. The molecule has 0 heterocycles. The third kappa shape index (κ3) is 3.16. The third-order valence-electron chi connectivity index (χ3n) is 3.01. The summed E-state index contributed by atoms with van der Waals surface area (Å²) in [5.41, 5.74) is 0.741. The van der Waals surface area contributed by atoms with E-state index in [1.165, 1.54) is 19.2 Å². The van der Waals surface area contributed by atoms with Gasteiger partial charge in [0.05, 0.1) is 17.7 Å². The predicted molar refractivity (Wildman–Crippen MR) is 75.7 cm³/mol. The van der Waals surface area contributed by atoms with E-state index in [1.54, 1.807) is 18.2 Å². The van der Waals surface area contributed by atoms with Crippen molar-refractivity contribution in [1.82, 2.24) is 0 Å². The molecule has 20 heavy (non-hydrogen) atoms. The second kappa shape index (κ2) is 6.33. The molecule has 2 rings (SSSR count). The summed E-state index contributed by atoms with van der Waals surface area (Å²) in [4.78, 5) is 0. The Morgan fingerprint density at radius 3 is 2.65 bits per heavy atom. The molecule has 1 atom stereocenters. The highest BCUT2D eigenvalue weighted by Gasteiger charge is 2.15. The molecule has 2 nitrogen and oxygen atoms in total. The number of benzene rings is 2. The number of methoxy groups -OCH3 is 1. The van der Waals surface area contributed by atoms with Crippen LogP contribution in [0.25, 0.3) is 0 Å². The lowest BCUT2D eigenvalue weighted by molar-refractivity contribution is 0.176. The van der Waals surface area contributed by atoms with Crippen LogP contribution in [0.2, 0.25) is 0 Å². The fourth-order valence-electron chi connectivity index (χ4n) is 1.92. The molecule has 106 valence electrons. The van der Waals surface area contributed by atoms with Crippen LogP contribution in [0.4, 0.5) is 8.78 Å². The number of rotatable bonds is 4. The molecule has 0 spiro atoms. The summed E-state index contributed by atoms with van der Waals surface area (Å²) in [5.74, 6) is -1.19. The fourth-order valence-corrected chi connectivity index (χ4v) is 2.48. The number of aliphatic hydroxyl groups excluding tert-OH is 1. The normalized spacial score (nSPS) is 12.2. The molecular formula is C15H13BrF2O2. The standard InChI is InChI=1S/C15H13BrF2O2/c1-20-14-6-5-9(7-11(14)16)13(19)8-10-3-2-4-12(17)15(10)18/h2-7,13,19H,8H2,1H3. The number of hydrogen-bond acceptors (Lipinski definition) is 2. The average molecular weight is 343 g/mol. The lowest BCUT2D eigenvalue weighted by Crippen LogP contribution is -2.05. The maximum absolute atomic E-state index is 13.6. The van der Waals surface area contributed by atoms with Crippen molar-refractivity contribution in [3.8, 4) is 5.75 Å². The Labute approximate surface area is 124 Å². The van der Waals surface area contributed by atoms with Gasteiger partial charge in [0.2, 0.25) is 0 Å². The lowest BCUT2D eigenvalue weighted by atomic mass is 10.0. The van der Waals surface area contributed by atoms with Crippen LogP contribution in [0.15, 0.2) is 40.9 Å². The zero-order valence-electron chi connectivity index (χ0n) is 10.7. The highest BCUT2D eigenvalue weighted by atomic mass is 79.9. The molecule has 0 saturated heterocycles. The summed E-state index contributed by atoms with van der Waals surface area (Å²) >= 11 is 3.32. The van der Waals surface area contributed by atoms with Gasteiger partial charge >= 0.3 is 0 Å². The van der Waals surface area contributed by atoms with Gasteiger partial charge in [-0.1, -0.05) is 18.2 Å². The molecule has 1 unspecified atom stereocenters. The maximum atomic E-state index is 13.6. The molecule has 0 amide bonds. The van der Waals surface area contributed by atoms with Crippen molar-refractivity contribution in [2.24, 2.45) is 0 Å². The van der Waals surface area contributed by atoms with Gasteiger partial charge in [0, 0.05) is 6.42 Å². The lowest BCUT2D eigenvalue weighted by Gasteiger charge is -2.13. The van der Waals surface area contributed by atoms with E-state index in [2.05, 4.69) is 15.9 Å². The fraction of sp³-hybridized carbons (Fsp3) is 0.200. The average Bonchev–Trinajstić information content (AvgIpc) is 2.43. The summed E-state index contributed by atoms with van der Waals surface area (Å²) in [6, 6.07) is 9.01. The van der Waals surface area contributed by atoms with Crippen LogP contribution in [0.3, 0.4) is 0 Å². The first kappa shape index (κ1) is 14.9. The van der Waals surface area contributed by atoms with Crippen LogP contribution >= 0.6 is 15.9 Å². The molecule has 2 aromatic rings. The zero-order chi connectivity index (χ0) is 14.7. The van der Waals surface area contributed by atoms with Crippen molar-refractivity contribution in [3.63, 3.8) is 0 Å². The molecule has 0 aliphatic carbocycles. The molecule has 1 N–H and O–H groups in total. The maximum Gasteiger partial charge on any atom is 0.162 e. The molecule has 0 radical (unpaired) electrons. The van der Waals surface area contributed by atoms with Gasteiger partial charge in [-0.2, -0.15) is 0 Å². The minimum absolute atomic E-state index is 0.00234. The zero-order valence-corrected chi connectivity index (χ0v) is 12.3. The van der Waals surface area contributed by atoms with Gasteiger partial charge in [-0.15, -0.1) is 0 Å². The Hall–Kier alpha value is -1.46. The monoisotopic (exact) mass is 342 g/mol. The van der Waals surface area contributed by atoms with Crippen LogP contribution < -0.4 is 4.74 Å². The molecular weight excluding hydrogens is 330 g/mol. The molecule has 2 aromatic carbocycles. The second-order valence-corrected chi connectivity index (χ2v) is 5.18. The topological polar surface area (TPSA) is 29.5 Å². The van der Waals surface area contributed by atoms with Crippen molar-refractivity contribution < 1.29 is 18.6 Å². The summed E-state index contributed by atoms with van der Waals surface area (Å²) in [6.07, 6.45) is -0.920. The second-order valence-electron chi connectivity index (χ2n) is 4.33. The van der Waals surface area contributed by atoms with E-state index in [9.17, 15) is 13.9 Å². The van der Waals surface area contributed by atoms with E-state index in [4.69, 9.17) is 4.74 Å². The van der Waals surface area contributed by atoms with Crippen LogP contribution in [-0.2, 0) is 6.42 Å². The predicted octanol–water partition coefficient (Wildman–Crippen LogP) is 4.01. The van der Waals surface area contributed by atoms with Gasteiger partial charge in [-0.05, 0) is 45.3 Å². The first-order valence-corrected chi connectivity index (χ1v) is 6.76. The van der Waals surface area contributed by atoms with E-state index in [1.807, 2.05) is 0 Å². The van der Waals surface area contributed by atoms with Crippen LogP contribution in [0, 0.1) is 11.6 Å². The Morgan fingerprint density at radius 2 is 2.00 bits per heavy atom. The van der Waals surface area contributed by atoms with Crippen LogP contribution in [0.5, 0.6) is 5.75 Å². The van der Waals surface area contributed by atoms with Gasteiger partial charge < -0.3 is 9.84 Å². The summed E-state index contributed by atoms with van der Waals surface area (Å²) in [7, 11) is 1.54. The van der Waals surface area contributed by atoms with E-state index < -0.39 is 17.7 Å². The summed E-state index contributed by atoms with van der Waals surface area (Å²) in [6.45, 7) is 0. The highest BCUT2D eigenvalue weighted by molar-refractivity contribution is 9.10. The molecule has 0 aromatic heterocycles. The molecule has 0 saturated carbocycles. The first-order valence-electron chi connectivity index (χ1n) is 5.97. The molecule has 0 aliphatic rings. The minimum Gasteiger partial charge on any atom is -0.496 e. The van der Waals surface area contributed by atoms with E-state index in [-0.39, 0.29) is 12.0 Å². The Bertz CT molecular complexity index is 617. The van der Waals surface area contributed by atoms with Gasteiger partial charge in [-0.25, -0.2) is 8.78 Å². The van der Waals surface area contributed by atoms with Crippen LogP contribution in [-0.4, -0.2) is 12.2 Å². The van der Waals surface area contributed by atoms with Crippen molar-refractivity contribution in [3.05, 3.63) is 63.6 Å². The molecule has 5 heteroatoms. The summed E-state index contributed by atoms with van der Waals surface area (Å²) in [5, 5.41) is 10.1. The third-order valence-corrected chi connectivity index (χ3v) is 3.63. The first-order chi connectivity index (χ1) is 9.52. The quantitative estimate of drug-likeness (QED) is 0.909. The van der Waals surface area contributed by atoms with Crippen molar-refractivity contribution >= 4 is 15.9 Å². The van der Waals surface area contributed by atoms with E-state index in [0.29, 0.717) is 15.8 Å². The Balaban J connectivity index is 2.21. The minimum atomic E-state index is -0.923. The van der Waals surface area contributed by atoms with E-state index >= 15 is 0 Å². The molecule has 0 aliphatic heterocycles. The van der Waals surface area contributed by atoms with Crippen molar-refractivity contribution in [2.75, 3.05) is 7.11 Å². The summed E-state index contributed by atoms with van der Waals surface area (Å²) < 4.78 is 32.5. The van der Waals surface area contributed by atoms with Crippen molar-refractivity contribution in [1.29, 1.82) is 0 Å². The number of ether oxygens (including phenoxy) is 1.